The van der Waals surface area contributed by atoms with Crippen molar-refractivity contribution >= 4 is 15.9 Å². The van der Waals surface area contributed by atoms with Gasteiger partial charge < -0.3 is 5.11 Å². The molecular formula is C10H13BrO. The highest BCUT2D eigenvalue weighted by Gasteiger charge is 2.18. The third-order valence-electron chi connectivity index (χ3n) is 1.78. The number of halogens is 1. The van der Waals surface area contributed by atoms with Crippen LogP contribution in [0.15, 0.2) is 22.7 Å². The van der Waals surface area contributed by atoms with Gasteiger partial charge in [0.1, 0.15) is 0 Å². The van der Waals surface area contributed by atoms with E-state index in [1.165, 1.54) is 0 Å². The van der Waals surface area contributed by atoms with Crippen molar-refractivity contribution in [1.82, 2.24) is 0 Å². The van der Waals surface area contributed by atoms with Crippen LogP contribution in [0.4, 0.5) is 0 Å². The highest BCUT2D eigenvalue weighted by molar-refractivity contribution is 9.10. The minimum absolute atomic E-state index is 0.773. The monoisotopic (exact) mass is 228 g/mol. The van der Waals surface area contributed by atoms with Crippen LogP contribution in [-0.4, -0.2) is 5.11 Å². The molecule has 1 rings (SSSR count). The predicted molar refractivity (Wildman–Crippen MR) is 54.1 cm³/mol. The molecule has 0 amide bonds. The number of aryl methyl sites for hydroxylation is 1. The van der Waals surface area contributed by atoms with E-state index in [2.05, 4.69) is 15.9 Å². The molecule has 0 bridgehead atoms. The lowest BCUT2D eigenvalue weighted by Crippen LogP contribution is -2.16. The predicted octanol–water partition coefficient (Wildman–Crippen LogP) is 2.98. The van der Waals surface area contributed by atoms with E-state index in [9.17, 15) is 5.11 Å². The van der Waals surface area contributed by atoms with Crippen LogP contribution >= 0.6 is 15.9 Å². The van der Waals surface area contributed by atoms with E-state index in [0.29, 0.717) is 0 Å². The molecule has 0 fully saturated rings. The zero-order valence-electron chi connectivity index (χ0n) is 7.56. The molecule has 12 heavy (non-hydrogen) atoms. The van der Waals surface area contributed by atoms with Crippen molar-refractivity contribution < 1.29 is 5.11 Å². The van der Waals surface area contributed by atoms with Crippen LogP contribution in [0.1, 0.15) is 25.0 Å². The topological polar surface area (TPSA) is 20.2 Å². The molecule has 1 aromatic carbocycles. The summed E-state index contributed by atoms with van der Waals surface area (Å²) in [5, 5.41) is 9.76. The van der Waals surface area contributed by atoms with Crippen molar-refractivity contribution in [2.75, 3.05) is 0 Å². The Hall–Kier alpha value is -0.340. The first kappa shape index (κ1) is 9.75. The molecule has 0 heterocycles. The minimum Gasteiger partial charge on any atom is -0.386 e. The van der Waals surface area contributed by atoms with Crippen molar-refractivity contribution in [3.63, 3.8) is 0 Å². The number of aliphatic hydroxyl groups is 1. The third-order valence-corrected chi connectivity index (χ3v) is 2.47. The second-order valence-corrected chi connectivity index (χ2v) is 4.40. The molecule has 0 saturated heterocycles. The average Bonchev–Trinajstić information content (AvgIpc) is 1.92. The summed E-state index contributed by atoms with van der Waals surface area (Å²) in [6.45, 7) is 5.58. The van der Waals surface area contributed by atoms with Gasteiger partial charge in [-0.2, -0.15) is 0 Å². The molecule has 0 spiro atoms. The lowest BCUT2D eigenvalue weighted by atomic mass is 9.97. The first-order valence-corrected chi connectivity index (χ1v) is 4.69. The number of rotatable bonds is 1. The molecule has 0 aromatic heterocycles. The Morgan fingerprint density at radius 2 is 1.92 bits per heavy atom. The molecule has 66 valence electrons. The SMILES string of the molecule is Cc1ccc(Br)c(C(C)(C)O)c1. The van der Waals surface area contributed by atoms with Gasteiger partial charge in [-0.3, -0.25) is 0 Å². The summed E-state index contributed by atoms with van der Waals surface area (Å²) < 4.78 is 0.959. The quantitative estimate of drug-likeness (QED) is 0.784. The normalized spacial score (nSPS) is 11.8. The van der Waals surface area contributed by atoms with Gasteiger partial charge in [-0.05, 0) is 32.4 Å². The van der Waals surface area contributed by atoms with Crippen molar-refractivity contribution in [2.24, 2.45) is 0 Å². The molecule has 0 aliphatic carbocycles. The first-order valence-electron chi connectivity index (χ1n) is 3.90. The summed E-state index contributed by atoms with van der Waals surface area (Å²) in [5.41, 5.74) is 1.32. The summed E-state index contributed by atoms with van der Waals surface area (Å²) in [7, 11) is 0. The van der Waals surface area contributed by atoms with Gasteiger partial charge >= 0.3 is 0 Å². The number of hydrogen-bond acceptors (Lipinski definition) is 1. The van der Waals surface area contributed by atoms with Crippen molar-refractivity contribution in [2.45, 2.75) is 26.4 Å². The Labute approximate surface area is 81.6 Å². The maximum Gasteiger partial charge on any atom is 0.0851 e. The van der Waals surface area contributed by atoms with E-state index in [4.69, 9.17) is 0 Å². The van der Waals surface area contributed by atoms with E-state index < -0.39 is 5.60 Å². The molecule has 1 aromatic rings. The fourth-order valence-electron chi connectivity index (χ4n) is 1.11. The molecule has 1 N–H and O–H groups in total. The summed E-state index contributed by atoms with van der Waals surface area (Å²) in [6, 6.07) is 5.96. The van der Waals surface area contributed by atoms with Crippen molar-refractivity contribution in [1.29, 1.82) is 0 Å². The number of benzene rings is 1. The van der Waals surface area contributed by atoms with Gasteiger partial charge in [-0.15, -0.1) is 0 Å². The van der Waals surface area contributed by atoms with E-state index >= 15 is 0 Å². The van der Waals surface area contributed by atoms with E-state index in [0.717, 1.165) is 15.6 Å². The smallest absolute Gasteiger partial charge is 0.0851 e. The number of hydrogen-bond donors (Lipinski definition) is 1. The van der Waals surface area contributed by atoms with Gasteiger partial charge in [0.2, 0.25) is 0 Å². The molecule has 0 aliphatic heterocycles. The molecule has 1 nitrogen and oxygen atoms in total. The fourth-order valence-corrected chi connectivity index (χ4v) is 1.84. The van der Waals surface area contributed by atoms with Crippen LogP contribution in [0.5, 0.6) is 0 Å². The molecule has 0 unspecified atom stereocenters. The summed E-state index contributed by atoms with van der Waals surface area (Å²) in [5.74, 6) is 0. The minimum atomic E-state index is -0.773. The lowest BCUT2D eigenvalue weighted by Gasteiger charge is -2.19. The maximum atomic E-state index is 9.76. The van der Waals surface area contributed by atoms with Crippen molar-refractivity contribution in [3.05, 3.63) is 33.8 Å². The molecular weight excluding hydrogens is 216 g/mol. The van der Waals surface area contributed by atoms with Crippen LogP contribution in [0.3, 0.4) is 0 Å². The van der Waals surface area contributed by atoms with Gasteiger partial charge in [0.25, 0.3) is 0 Å². The second kappa shape index (κ2) is 3.19. The van der Waals surface area contributed by atoms with E-state index in [1.807, 2.05) is 25.1 Å². The van der Waals surface area contributed by atoms with Crippen molar-refractivity contribution in [3.8, 4) is 0 Å². The van der Waals surface area contributed by atoms with Crippen LogP contribution in [0, 0.1) is 6.92 Å². The Bertz CT molecular complexity index is 286. The Morgan fingerprint density at radius 1 is 1.33 bits per heavy atom. The molecule has 0 aliphatic rings. The molecule has 0 radical (unpaired) electrons. The Balaban J connectivity index is 3.23. The molecule has 2 heteroatoms. The molecule has 0 atom stereocenters. The molecule has 0 saturated carbocycles. The summed E-state index contributed by atoms with van der Waals surface area (Å²) in [4.78, 5) is 0. The Kier molecular flexibility index (Phi) is 2.59. The Morgan fingerprint density at radius 3 is 2.33 bits per heavy atom. The van der Waals surface area contributed by atoms with Crippen LogP contribution in [-0.2, 0) is 5.60 Å². The zero-order chi connectivity index (χ0) is 9.35. The van der Waals surface area contributed by atoms with Gasteiger partial charge in [0.05, 0.1) is 5.60 Å². The van der Waals surface area contributed by atoms with Gasteiger partial charge in [-0.1, -0.05) is 33.6 Å². The van der Waals surface area contributed by atoms with E-state index in [-0.39, 0.29) is 0 Å². The first-order chi connectivity index (χ1) is 5.41. The van der Waals surface area contributed by atoms with Crippen LogP contribution < -0.4 is 0 Å². The summed E-state index contributed by atoms with van der Waals surface area (Å²) in [6.07, 6.45) is 0. The van der Waals surface area contributed by atoms with Crippen LogP contribution in [0.2, 0.25) is 0 Å². The third kappa shape index (κ3) is 2.08. The highest BCUT2D eigenvalue weighted by atomic mass is 79.9. The average molecular weight is 229 g/mol. The fraction of sp³-hybridized carbons (Fsp3) is 0.400. The lowest BCUT2D eigenvalue weighted by molar-refractivity contribution is 0.0778. The standard InChI is InChI=1S/C10H13BrO/c1-7-4-5-9(11)8(6-7)10(2,3)12/h4-6,12H,1-3H3. The zero-order valence-corrected chi connectivity index (χ0v) is 9.14. The van der Waals surface area contributed by atoms with E-state index in [1.54, 1.807) is 13.8 Å². The van der Waals surface area contributed by atoms with Crippen LogP contribution in [0.25, 0.3) is 0 Å². The highest BCUT2D eigenvalue weighted by Crippen LogP contribution is 2.28. The largest absolute Gasteiger partial charge is 0.386 e. The maximum absolute atomic E-state index is 9.76. The summed E-state index contributed by atoms with van der Waals surface area (Å²) >= 11 is 3.41. The van der Waals surface area contributed by atoms with Gasteiger partial charge in [-0.25, -0.2) is 0 Å². The van der Waals surface area contributed by atoms with Gasteiger partial charge in [0.15, 0.2) is 0 Å². The second-order valence-electron chi connectivity index (χ2n) is 3.54. The van der Waals surface area contributed by atoms with Gasteiger partial charge in [0, 0.05) is 4.47 Å².